The van der Waals surface area contributed by atoms with Crippen molar-refractivity contribution < 1.29 is 4.79 Å². The van der Waals surface area contributed by atoms with E-state index in [0.29, 0.717) is 0 Å². The van der Waals surface area contributed by atoms with Gasteiger partial charge in [-0.2, -0.15) is 0 Å². The van der Waals surface area contributed by atoms with Crippen LogP contribution in [0.15, 0.2) is 0 Å². The molecule has 1 fully saturated rings. The van der Waals surface area contributed by atoms with E-state index in [9.17, 15) is 4.79 Å². The molecule has 0 bridgehead atoms. The Kier molecular flexibility index (Phi) is 1.01. The second kappa shape index (κ2) is 1.52. The first kappa shape index (κ1) is 4.62. The van der Waals surface area contributed by atoms with Crippen molar-refractivity contribution in [2.45, 2.75) is 13.3 Å². The minimum Gasteiger partial charge on any atom is -0.273 e. The van der Waals surface area contributed by atoms with E-state index in [1.54, 1.807) is 0 Å². The van der Waals surface area contributed by atoms with Gasteiger partial charge in [-0.25, -0.2) is 0 Å². The smallest absolute Gasteiger partial charge is 0.244 e. The van der Waals surface area contributed by atoms with Crippen molar-refractivity contribution in [3.8, 4) is 0 Å². The van der Waals surface area contributed by atoms with E-state index in [2.05, 4.69) is 5.32 Å². The number of carbonyl (C=O) groups excluding carboxylic acids is 1. The fourth-order valence-electron chi connectivity index (χ4n) is 0.648. The third-order valence-electron chi connectivity index (χ3n) is 1.25. The number of carbonyl (C=O) groups is 1. The Morgan fingerprint density at radius 3 is 2.71 bits per heavy atom. The molecule has 2 heteroatoms. The third kappa shape index (κ3) is 0.734. The fourth-order valence-corrected chi connectivity index (χ4v) is 0.648. The van der Waals surface area contributed by atoms with Crippen molar-refractivity contribution in [2.75, 3.05) is 6.54 Å². The van der Waals surface area contributed by atoms with E-state index in [0.717, 1.165) is 13.0 Å². The molecule has 7 heavy (non-hydrogen) atoms. The van der Waals surface area contributed by atoms with E-state index in [4.69, 9.17) is 0 Å². The highest BCUT2D eigenvalue weighted by Crippen LogP contribution is 2.07. The molecule has 0 aromatic heterocycles. The molecule has 0 unspecified atom stereocenters. The van der Waals surface area contributed by atoms with Gasteiger partial charge in [0.15, 0.2) is 0 Å². The van der Waals surface area contributed by atoms with E-state index < -0.39 is 0 Å². The minimum absolute atomic E-state index is 0.0833. The largest absolute Gasteiger partial charge is 0.273 e. The molecular weight excluding hydrogens is 90.1 g/mol. The molecule has 1 radical (unpaired) electrons. The summed E-state index contributed by atoms with van der Waals surface area (Å²) in [7, 11) is 0. The Bertz CT molecular complexity index is 90.1. The maximum absolute atomic E-state index is 10.4. The lowest BCUT2D eigenvalue weighted by molar-refractivity contribution is -0.122. The van der Waals surface area contributed by atoms with Gasteiger partial charge in [0.05, 0.1) is 0 Å². The Balaban J connectivity index is 2.48. The molecule has 0 saturated carbocycles. The van der Waals surface area contributed by atoms with Gasteiger partial charge in [0.2, 0.25) is 5.91 Å². The summed E-state index contributed by atoms with van der Waals surface area (Å²) in [5.41, 5.74) is 0. The summed E-state index contributed by atoms with van der Waals surface area (Å²) in [5, 5.41) is 3.68. The molecule has 1 aliphatic heterocycles. The molecule has 2 nitrogen and oxygen atoms in total. The predicted molar refractivity (Wildman–Crippen MR) is 25.8 cm³/mol. The van der Waals surface area contributed by atoms with Crippen LogP contribution >= 0.6 is 0 Å². The minimum atomic E-state index is 0.0833. The highest BCUT2D eigenvalue weighted by Gasteiger charge is 2.19. The number of hydrogen-bond acceptors (Lipinski definition) is 1. The highest BCUT2D eigenvalue weighted by atomic mass is 16.2. The zero-order valence-electron chi connectivity index (χ0n) is 4.35. The molecule has 0 N–H and O–H groups in total. The number of rotatable bonds is 0. The summed E-state index contributed by atoms with van der Waals surface area (Å²) in [4.78, 5) is 10.4. The molecular formula is C5H8NO. The van der Waals surface area contributed by atoms with Crippen molar-refractivity contribution in [2.24, 2.45) is 5.92 Å². The Labute approximate surface area is 42.9 Å². The zero-order chi connectivity index (χ0) is 5.28. The molecule has 1 atom stereocenters. The lowest BCUT2D eigenvalue weighted by atomic mass is 10.1. The lowest BCUT2D eigenvalue weighted by Gasteiger charge is -1.88. The number of amides is 1. The van der Waals surface area contributed by atoms with Crippen LogP contribution in [0, 0.1) is 5.92 Å². The molecule has 0 aromatic carbocycles. The number of hydrogen-bond donors (Lipinski definition) is 0. The second-order valence-corrected chi connectivity index (χ2v) is 1.91. The Morgan fingerprint density at radius 1 is 1.86 bits per heavy atom. The first-order valence-corrected chi connectivity index (χ1v) is 2.52. The monoisotopic (exact) mass is 98.1 g/mol. The van der Waals surface area contributed by atoms with Crippen LogP contribution < -0.4 is 5.32 Å². The fraction of sp³-hybridized carbons (Fsp3) is 0.800. The van der Waals surface area contributed by atoms with Crippen LogP contribution in [0.3, 0.4) is 0 Å². The summed E-state index contributed by atoms with van der Waals surface area (Å²) in [6.45, 7) is 2.67. The van der Waals surface area contributed by atoms with Crippen LogP contribution in [0.5, 0.6) is 0 Å². The molecule has 1 heterocycles. The Morgan fingerprint density at radius 2 is 2.57 bits per heavy atom. The second-order valence-electron chi connectivity index (χ2n) is 1.91. The summed E-state index contributed by atoms with van der Waals surface area (Å²) in [6, 6.07) is 0. The Hall–Kier alpha value is -0.530. The van der Waals surface area contributed by atoms with Crippen LogP contribution in [-0.2, 0) is 4.79 Å². The van der Waals surface area contributed by atoms with Gasteiger partial charge in [-0.15, -0.1) is 0 Å². The standard InChI is InChI=1S/C5H8NO/c1-4-2-3-6-5(4)7/h4H,2-3H2,1H3/t4-/m1/s1. The van der Waals surface area contributed by atoms with Gasteiger partial charge < -0.3 is 0 Å². The van der Waals surface area contributed by atoms with Crippen LogP contribution in [0.2, 0.25) is 0 Å². The van der Waals surface area contributed by atoms with Gasteiger partial charge >= 0.3 is 0 Å². The third-order valence-corrected chi connectivity index (χ3v) is 1.25. The van der Waals surface area contributed by atoms with Gasteiger partial charge in [-0.3, -0.25) is 10.1 Å². The SMILES string of the molecule is C[C@@H]1CC[N]C1=O. The van der Waals surface area contributed by atoms with Gasteiger partial charge in [-0.05, 0) is 6.42 Å². The predicted octanol–water partition coefficient (Wildman–Crippen LogP) is 0.157. The molecule has 1 saturated heterocycles. The van der Waals surface area contributed by atoms with Crippen molar-refractivity contribution in [3.63, 3.8) is 0 Å². The summed E-state index contributed by atoms with van der Waals surface area (Å²) in [6.07, 6.45) is 0.957. The van der Waals surface area contributed by atoms with Gasteiger partial charge in [-0.1, -0.05) is 6.92 Å². The van der Waals surface area contributed by atoms with Crippen molar-refractivity contribution >= 4 is 5.91 Å². The normalized spacial score (nSPS) is 30.4. The molecule has 0 aliphatic carbocycles. The molecule has 39 valence electrons. The molecule has 1 aliphatic rings. The lowest BCUT2D eigenvalue weighted by Crippen LogP contribution is -2.09. The van der Waals surface area contributed by atoms with Gasteiger partial charge in [0.25, 0.3) is 0 Å². The van der Waals surface area contributed by atoms with E-state index in [1.807, 2.05) is 6.92 Å². The average Bonchev–Trinajstić information content (AvgIpc) is 1.91. The maximum Gasteiger partial charge on any atom is 0.244 e. The molecule has 0 aromatic rings. The topological polar surface area (TPSA) is 31.2 Å². The molecule has 1 amide bonds. The van der Waals surface area contributed by atoms with Crippen LogP contribution in [0.1, 0.15) is 13.3 Å². The quantitative estimate of drug-likeness (QED) is 0.424. The maximum atomic E-state index is 10.4. The number of nitrogens with zero attached hydrogens (tertiary/aromatic N) is 1. The van der Waals surface area contributed by atoms with Crippen molar-refractivity contribution in [1.82, 2.24) is 5.32 Å². The molecule has 1 rings (SSSR count). The summed E-state index contributed by atoms with van der Waals surface area (Å²) < 4.78 is 0. The van der Waals surface area contributed by atoms with Crippen molar-refractivity contribution in [3.05, 3.63) is 0 Å². The van der Waals surface area contributed by atoms with E-state index >= 15 is 0 Å². The van der Waals surface area contributed by atoms with E-state index in [-0.39, 0.29) is 11.8 Å². The average molecular weight is 98.1 g/mol. The van der Waals surface area contributed by atoms with Gasteiger partial charge in [0.1, 0.15) is 0 Å². The van der Waals surface area contributed by atoms with Crippen LogP contribution in [0.4, 0.5) is 0 Å². The first-order chi connectivity index (χ1) is 3.30. The summed E-state index contributed by atoms with van der Waals surface area (Å²) >= 11 is 0. The van der Waals surface area contributed by atoms with Crippen LogP contribution in [0.25, 0.3) is 0 Å². The highest BCUT2D eigenvalue weighted by molar-refractivity contribution is 5.79. The van der Waals surface area contributed by atoms with Crippen LogP contribution in [-0.4, -0.2) is 12.5 Å². The zero-order valence-corrected chi connectivity index (χ0v) is 4.35. The van der Waals surface area contributed by atoms with E-state index in [1.165, 1.54) is 0 Å². The van der Waals surface area contributed by atoms with Gasteiger partial charge in [0, 0.05) is 12.5 Å². The first-order valence-electron chi connectivity index (χ1n) is 2.52. The molecule has 0 spiro atoms. The summed E-state index contributed by atoms with van der Waals surface area (Å²) in [5.74, 6) is 0.292. The van der Waals surface area contributed by atoms with Crippen molar-refractivity contribution in [1.29, 1.82) is 0 Å².